The molecule has 0 bridgehead atoms. The summed E-state index contributed by atoms with van der Waals surface area (Å²) in [6.45, 7) is 4.01. The summed E-state index contributed by atoms with van der Waals surface area (Å²) in [5, 5.41) is 2.17. The molecule has 0 spiro atoms. The van der Waals surface area contributed by atoms with Gasteiger partial charge in [-0.15, -0.1) is 0 Å². The van der Waals surface area contributed by atoms with Gasteiger partial charge in [0.2, 0.25) is 11.8 Å². The van der Waals surface area contributed by atoms with E-state index in [9.17, 15) is 23.2 Å². The Morgan fingerprint density at radius 1 is 1.12 bits per heavy atom. The van der Waals surface area contributed by atoms with E-state index in [1.54, 1.807) is 23.1 Å². The Labute approximate surface area is 253 Å². The summed E-state index contributed by atoms with van der Waals surface area (Å²) in [4.78, 5) is 53.4. The number of halogens is 3. The first-order valence-corrected chi connectivity index (χ1v) is 14.2. The lowest BCUT2D eigenvalue weighted by atomic mass is 10.1. The van der Waals surface area contributed by atoms with E-state index in [0.29, 0.717) is 29.9 Å². The number of hydroxylamine groups is 3. The van der Waals surface area contributed by atoms with Crippen molar-refractivity contribution in [1.82, 2.24) is 30.8 Å². The van der Waals surface area contributed by atoms with E-state index >= 15 is 0 Å². The first-order chi connectivity index (χ1) is 20.6. The number of nitrogens with zero attached hydrogens (tertiary/aromatic N) is 4. The van der Waals surface area contributed by atoms with Gasteiger partial charge in [-0.25, -0.2) is 24.5 Å². The molecule has 4 amide bonds. The molecule has 2 aliphatic rings. The number of benzene rings is 2. The Hall–Kier alpha value is -3.62. The smallest absolute Gasteiger partial charge is 0.340 e. The maximum atomic E-state index is 14.0. The monoisotopic (exact) mass is 620 g/mol. The van der Waals surface area contributed by atoms with Gasteiger partial charge < -0.3 is 9.80 Å². The molecule has 4 rings (SSSR count). The van der Waals surface area contributed by atoms with Gasteiger partial charge in [0.05, 0.1) is 30.0 Å². The maximum Gasteiger partial charge on any atom is 0.370 e. The molecule has 14 heteroatoms. The first kappa shape index (κ1) is 32.3. The van der Waals surface area contributed by atoms with Crippen molar-refractivity contribution in [2.75, 3.05) is 46.4 Å². The molecule has 2 aromatic carbocycles. The summed E-state index contributed by atoms with van der Waals surface area (Å²) in [5.74, 6) is -1.51. The molecule has 43 heavy (non-hydrogen) atoms. The van der Waals surface area contributed by atoms with Crippen LogP contribution in [0.15, 0.2) is 48.5 Å². The predicted molar refractivity (Wildman–Crippen MR) is 155 cm³/mol. The lowest BCUT2D eigenvalue weighted by molar-refractivity contribution is -0.140. The van der Waals surface area contributed by atoms with Crippen molar-refractivity contribution in [3.63, 3.8) is 0 Å². The average Bonchev–Trinajstić information content (AvgIpc) is 3.48. The van der Waals surface area contributed by atoms with E-state index < -0.39 is 29.6 Å². The minimum absolute atomic E-state index is 0.0227. The van der Waals surface area contributed by atoms with Crippen molar-refractivity contribution in [2.45, 2.75) is 32.4 Å². The summed E-state index contributed by atoms with van der Waals surface area (Å²) in [6.07, 6.45) is 1.96. The van der Waals surface area contributed by atoms with Crippen molar-refractivity contribution in [3.8, 4) is 0 Å². The number of rotatable bonds is 11. The Morgan fingerprint density at radius 2 is 1.86 bits per heavy atom. The molecule has 0 radical (unpaired) electrons. The third kappa shape index (κ3) is 8.71. The zero-order valence-corrected chi connectivity index (χ0v) is 24.8. The quantitative estimate of drug-likeness (QED) is 0.371. The Morgan fingerprint density at radius 3 is 2.58 bits per heavy atom. The van der Waals surface area contributed by atoms with Crippen LogP contribution in [0.2, 0.25) is 5.02 Å². The largest absolute Gasteiger partial charge is 0.370 e. The predicted octanol–water partition coefficient (Wildman–Crippen LogP) is 3.32. The maximum absolute atomic E-state index is 14.0. The van der Waals surface area contributed by atoms with E-state index in [2.05, 4.69) is 15.8 Å². The highest BCUT2D eigenvalue weighted by Gasteiger charge is 2.28. The molecule has 11 nitrogen and oxygen atoms in total. The molecule has 2 N–H and O–H groups in total. The number of carbonyl (C=O) groups is 3. The normalized spacial score (nSPS) is 16.2. The van der Waals surface area contributed by atoms with Gasteiger partial charge >= 0.3 is 6.03 Å². The van der Waals surface area contributed by atoms with Crippen molar-refractivity contribution >= 4 is 35.1 Å². The van der Waals surface area contributed by atoms with Crippen LogP contribution in [0, 0.1) is 11.6 Å². The molecule has 2 aromatic rings. The molecule has 2 aliphatic heterocycles. The fourth-order valence-electron chi connectivity index (χ4n) is 4.78. The summed E-state index contributed by atoms with van der Waals surface area (Å²) >= 11 is 6.09. The molecule has 0 saturated carbocycles. The summed E-state index contributed by atoms with van der Waals surface area (Å²) < 4.78 is 27.7. The third-order valence-corrected chi connectivity index (χ3v) is 7.59. The molecular formula is C29H35ClF2N6O5. The Bertz CT molecular complexity index is 1340. The zero-order chi connectivity index (χ0) is 30.9. The average molecular weight is 621 g/mol. The number of nitrogens with one attached hydrogen (secondary N) is 2. The van der Waals surface area contributed by atoms with E-state index in [1.807, 2.05) is 7.05 Å². The van der Waals surface area contributed by atoms with Crippen LogP contribution < -0.4 is 10.9 Å². The summed E-state index contributed by atoms with van der Waals surface area (Å²) in [5.41, 5.74) is 6.48. The number of hydrazine groups is 1. The topological polar surface area (TPSA) is 107 Å². The van der Waals surface area contributed by atoms with Crippen LogP contribution in [-0.4, -0.2) is 90.2 Å². The molecule has 1 saturated heterocycles. The van der Waals surface area contributed by atoms with Gasteiger partial charge in [0.15, 0.2) is 0 Å². The molecule has 0 aliphatic carbocycles. The first-order valence-electron chi connectivity index (χ1n) is 13.9. The highest BCUT2D eigenvalue weighted by Crippen LogP contribution is 2.25. The van der Waals surface area contributed by atoms with Crippen LogP contribution in [0.5, 0.6) is 0 Å². The Kier molecular flexibility index (Phi) is 11.4. The second-order valence-corrected chi connectivity index (χ2v) is 10.6. The van der Waals surface area contributed by atoms with Crippen LogP contribution >= 0.6 is 11.6 Å². The highest BCUT2D eigenvalue weighted by molar-refractivity contribution is 6.31. The van der Waals surface area contributed by atoms with E-state index in [1.165, 1.54) is 42.3 Å². The molecule has 0 aromatic heterocycles. The molecule has 1 fully saturated rings. The minimum atomic E-state index is -0.769. The highest BCUT2D eigenvalue weighted by atomic mass is 35.5. The van der Waals surface area contributed by atoms with Crippen molar-refractivity contribution < 1.29 is 32.8 Å². The van der Waals surface area contributed by atoms with Crippen LogP contribution in [0.3, 0.4) is 0 Å². The van der Waals surface area contributed by atoms with Crippen molar-refractivity contribution in [2.24, 2.45) is 0 Å². The van der Waals surface area contributed by atoms with Crippen molar-refractivity contribution in [3.05, 3.63) is 76.3 Å². The third-order valence-electron chi connectivity index (χ3n) is 7.16. The van der Waals surface area contributed by atoms with E-state index in [4.69, 9.17) is 21.3 Å². The number of hydrogen-bond donors (Lipinski definition) is 2. The van der Waals surface area contributed by atoms with Crippen LogP contribution in [-0.2, 0) is 25.8 Å². The van der Waals surface area contributed by atoms with Gasteiger partial charge in [-0.3, -0.25) is 24.3 Å². The SMILES string of the molecule is CC(=O)N(NCc1cccc(F)c1Cl)[C@@H](CCC(=O)N1CCN(C)CC1)CONC(=O)N1OCC=C1c1cccc(F)c1. The summed E-state index contributed by atoms with van der Waals surface area (Å²) in [7, 11) is 1.99. The fraction of sp³-hybridized carbons (Fsp3) is 0.414. The van der Waals surface area contributed by atoms with Gasteiger partial charge in [0, 0.05) is 51.6 Å². The van der Waals surface area contributed by atoms with Gasteiger partial charge in [-0.1, -0.05) is 35.9 Å². The second-order valence-electron chi connectivity index (χ2n) is 10.2. The molecule has 2 heterocycles. The number of urea groups is 1. The van der Waals surface area contributed by atoms with Gasteiger partial charge in [-0.05, 0) is 43.3 Å². The number of amides is 4. The van der Waals surface area contributed by atoms with Gasteiger partial charge in [0.1, 0.15) is 11.6 Å². The van der Waals surface area contributed by atoms with Crippen LogP contribution in [0.25, 0.3) is 5.70 Å². The number of hydrogen-bond acceptors (Lipinski definition) is 7. The van der Waals surface area contributed by atoms with Crippen LogP contribution in [0.1, 0.15) is 30.9 Å². The number of likely N-dealkylation sites (N-methyl/N-ethyl adjacent to an activating group) is 1. The number of piperazine rings is 1. The molecular weight excluding hydrogens is 586 g/mol. The lowest BCUT2D eigenvalue weighted by Gasteiger charge is -2.34. The molecule has 1 atom stereocenters. The van der Waals surface area contributed by atoms with Crippen LogP contribution in [0.4, 0.5) is 13.6 Å². The number of carbonyl (C=O) groups excluding carboxylic acids is 3. The Balaban J connectivity index is 1.41. The second kappa shape index (κ2) is 15.2. The summed E-state index contributed by atoms with van der Waals surface area (Å²) in [6, 6.07) is 8.61. The zero-order valence-electron chi connectivity index (χ0n) is 24.0. The fourth-order valence-corrected chi connectivity index (χ4v) is 4.97. The molecule has 232 valence electrons. The molecule has 0 unspecified atom stereocenters. The lowest BCUT2D eigenvalue weighted by Crippen LogP contribution is -2.52. The van der Waals surface area contributed by atoms with Crippen molar-refractivity contribution in [1.29, 1.82) is 0 Å². The van der Waals surface area contributed by atoms with Gasteiger partial charge in [-0.2, -0.15) is 5.06 Å². The van der Waals surface area contributed by atoms with E-state index in [-0.39, 0.29) is 43.5 Å². The van der Waals surface area contributed by atoms with E-state index in [0.717, 1.165) is 18.2 Å². The minimum Gasteiger partial charge on any atom is -0.340 e. The standard InChI is InChI=1S/C29H35ClF2N6O5/c1-20(39)37(33-18-22-6-4-8-25(32)28(22)30)24(9-10-27(40)36-14-12-35(2)13-15-36)19-42-34-29(41)38-26(11-16-43-38)21-5-3-7-23(31)17-21/h3-8,11,17,24,33H,9-10,12-16,18-19H2,1-2H3,(H,34,41)/t24-/m0/s1. The van der Waals surface area contributed by atoms with Gasteiger partial charge in [0.25, 0.3) is 0 Å².